The first kappa shape index (κ1) is 21.4. The van der Waals surface area contributed by atoms with Gasteiger partial charge >= 0.3 is 0 Å². The molecule has 1 amide bonds. The lowest BCUT2D eigenvalue weighted by atomic mass is 9.96. The number of unbranched alkanes of at least 4 members (excludes halogenated alkanes) is 1. The molecule has 0 unspecified atom stereocenters. The molecule has 0 bridgehead atoms. The van der Waals surface area contributed by atoms with Crippen molar-refractivity contribution in [2.24, 2.45) is 28.3 Å². The average molecular weight is 425 g/mol. The highest BCUT2D eigenvalue weighted by Gasteiger charge is 2.22. The maximum Gasteiger partial charge on any atom is 0.220 e. The van der Waals surface area contributed by atoms with Gasteiger partial charge in [-0.2, -0.15) is 0 Å². The Kier molecular flexibility index (Phi) is 11.6. The lowest BCUT2D eigenvalue weighted by molar-refractivity contribution is -0.123. The number of hydrogen-bond donors (Lipinski definition) is 3. The number of nitrogens with two attached hydrogens (primary N) is 2. The van der Waals surface area contributed by atoms with Gasteiger partial charge in [-0.15, -0.1) is 24.0 Å². The Labute approximate surface area is 151 Å². The fourth-order valence-electron chi connectivity index (χ4n) is 2.45. The van der Waals surface area contributed by atoms with Gasteiger partial charge in [-0.05, 0) is 51.2 Å². The van der Waals surface area contributed by atoms with E-state index in [1.807, 2.05) is 0 Å². The van der Waals surface area contributed by atoms with Gasteiger partial charge in [0.1, 0.15) is 0 Å². The number of likely N-dealkylation sites (tertiary alicyclic amines) is 1. The Hall–Kier alpha value is -0.570. The number of rotatable bonds is 8. The molecule has 1 heterocycles. The Morgan fingerprint density at radius 1 is 1.27 bits per heavy atom. The van der Waals surface area contributed by atoms with E-state index >= 15 is 0 Å². The monoisotopic (exact) mass is 425 g/mol. The summed E-state index contributed by atoms with van der Waals surface area (Å²) in [5.74, 6) is 1.02. The van der Waals surface area contributed by atoms with Crippen LogP contribution >= 0.6 is 24.0 Å². The Morgan fingerprint density at radius 2 is 1.91 bits per heavy atom. The summed E-state index contributed by atoms with van der Waals surface area (Å²) >= 11 is 0. The van der Waals surface area contributed by atoms with Crippen LogP contribution in [0.2, 0.25) is 0 Å². The first-order chi connectivity index (χ1) is 9.99. The molecule has 0 radical (unpaired) electrons. The summed E-state index contributed by atoms with van der Waals surface area (Å²) in [5, 5.41) is 3.15. The van der Waals surface area contributed by atoms with Gasteiger partial charge in [-0.3, -0.25) is 9.79 Å². The van der Waals surface area contributed by atoms with Crippen molar-refractivity contribution in [3.63, 3.8) is 0 Å². The smallest absolute Gasteiger partial charge is 0.220 e. The summed E-state index contributed by atoms with van der Waals surface area (Å²) in [6.45, 7) is 8.93. The Morgan fingerprint density at radius 3 is 2.45 bits per heavy atom. The summed E-state index contributed by atoms with van der Waals surface area (Å²) in [5.41, 5.74) is 11.1. The molecule has 0 saturated carbocycles. The van der Waals surface area contributed by atoms with E-state index in [4.69, 9.17) is 11.5 Å². The number of amides is 1. The van der Waals surface area contributed by atoms with Gasteiger partial charge in [-0.25, -0.2) is 0 Å². The SMILES string of the molecule is CC(C)CN=C(N)NCCCCN1CCC(C(N)=O)CC1.I. The van der Waals surface area contributed by atoms with Crippen molar-refractivity contribution in [2.75, 3.05) is 32.7 Å². The highest BCUT2D eigenvalue weighted by atomic mass is 127. The predicted molar refractivity (Wildman–Crippen MR) is 102 cm³/mol. The van der Waals surface area contributed by atoms with E-state index in [9.17, 15) is 4.79 Å². The van der Waals surface area contributed by atoms with E-state index in [1.54, 1.807) is 0 Å². The van der Waals surface area contributed by atoms with Gasteiger partial charge < -0.3 is 21.7 Å². The van der Waals surface area contributed by atoms with Crippen LogP contribution in [0.5, 0.6) is 0 Å². The minimum atomic E-state index is -0.144. The largest absolute Gasteiger partial charge is 0.370 e. The average Bonchev–Trinajstić information content (AvgIpc) is 2.45. The second-order valence-corrected chi connectivity index (χ2v) is 6.27. The molecule has 130 valence electrons. The summed E-state index contributed by atoms with van der Waals surface area (Å²) < 4.78 is 0. The van der Waals surface area contributed by atoms with Crippen LogP contribution in [0.25, 0.3) is 0 Å². The topological polar surface area (TPSA) is 96.7 Å². The normalized spacial score (nSPS) is 17.3. The van der Waals surface area contributed by atoms with E-state index in [0.29, 0.717) is 11.9 Å². The van der Waals surface area contributed by atoms with Crippen LogP contribution < -0.4 is 16.8 Å². The Balaban J connectivity index is 0.00000441. The van der Waals surface area contributed by atoms with Crippen molar-refractivity contribution in [2.45, 2.75) is 39.5 Å². The molecule has 0 aliphatic carbocycles. The molecule has 22 heavy (non-hydrogen) atoms. The molecule has 0 aromatic rings. The minimum absolute atomic E-state index is 0. The zero-order valence-corrected chi connectivity index (χ0v) is 16.2. The quantitative estimate of drug-likeness (QED) is 0.235. The van der Waals surface area contributed by atoms with E-state index in [2.05, 4.69) is 29.1 Å². The van der Waals surface area contributed by atoms with Crippen LogP contribution in [0.15, 0.2) is 4.99 Å². The van der Waals surface area contributed by atoms with Gasteiger partial charge in [0.25, 0.3) is 0 Å². The fraction of sp³-hybridized carbons (Fsp3) is 0.867. The molecule has 0 atom stereocenters. The summed E-state index contributed by atoms with van der Waals surface area (Å²) in [7, 11) is 0. The van der Waals surface area contributed by atoms with E-state index in [1.165, 1.54) is 0 Å². The highest BCUT2D eigenvalue weighted by Crippen LogP contribution is 2.16. The predicted octanol–water partition coefficient (Wildman–Crippen LogP) is 1.14. The first-order valence-electron chi connectivity index (χ1n) is 8.04. The number of hydrogen-bond acceptors (Lipinski definition) is 3. The van der Waals surface area contributed by atoms with Crippen molar-refractivity contribution in [1.29, 1.82) is 0 Å². The van der Waals surface area contributed by atoms with Crippen molar-refractivity contribution in [1.82, 2.24) is 10.2 Å². The molecular formula is C15H32IN5O. The third-order valence-corrected chi connectivity index (χ3v) is 3.82. The van der Waals surface area contributed by atoms with Crippen LogP contribution in [-0.4, -0.2) is 49.5 Å². The van der Waals surface area contributed by atoms with Crippen LogP contribution in [0, 0.1) is 11.8 Å². The molecule has 1 rings (SSSR count). The molecule has 1 saturated heterocycles. The van der Waals surface area contributed by atoms with Crippen molar-refractivity contribution in [3.8, 4) is 0 Å². The number of carbonyl (C=O) groups excluding carboxylic acids is 1. The second kappa shape index (κ2) is 11.9. The molecule has 1 aliphatic heterocycles. The summed E-state index contributed by atoms with van der Waals surface area (Å²) in [6.07, 6.45) is 4.02. The number of primary amides is 1. The zero-order chi connectivity index (χ0) is 15.7. The Bertz CT molecular complexity index is 341. The number of nitrogens with zero attached hydrogens (tertiary/aromatic N) is 2. The van der Waals surface area contributed by atoms with Gasteiger partial charge in [0.2, 0.25) is 5.91 Å². The number of halogens is 1. The lowest BCUT2D eigenvalue weighted by Gasteiger charge is -2.30. The van der Waals surface area contributed by atoms with Crippen molar-refractivity contribution in [3.05, 3.63) is 0 Å². The van der Waals surface area contributed by atoms with Crippen LogP contribution in [-0.2, 0) is 4.79 Å². The van der Waals surface area contributed by atoms with E-state index in [-0.39, 0.29) is 35.8 Å². The zero-order valence-electron chi connectivity index (χ0n) is 13.9. The van der Waals surface area contributed by atoms with E-state index in [0.717, 1.165) is 58.4 Å². The van der Waals surface area contributed by atoms with Gasteiger partial charge in [0.15, 0.2) is 5.96 Å². The molecule has 0 spiro atoms. The summed E-state index contributed by atoms with van der Waals surface area (Å²) in [4.78, 5) is 17.8. The van der Waals surface area contributed by atoms with Gasteiger partial charge in [-0.1, -0.05) is 13.8 Å². The van der Waals surface area contributed by atoms with E-state index < -0.39 is 0 Å². The van der Waals surface area contributed by atoms with Crippen LogP contribution in [0.4, 0.5) is 0 Å². The fourth-order valence-corrected chi connectivity index (χ4v) is 2.45. The van der Waals surface area contributed by atoms with Crippen LogP contribution in [0.1, 0.15) is 39.5 Å². The standard InChI is InChI=1S/C15H31N5O.HI/c1-12(2)11-19-15(17)18-7-3-4-8-20-9-5-13(6-10-20)14(16)21;/h12-13H,3-11H2,1-2H3,(H2,16,21)(H3,17,18,19);1H. The number of guanidine groups is 1. The number of aliphatic imine (C=N–C) groups is 1. The molecule has 7 heteroatoms. The molecule has 0 aromatic carbocycles. The molecule has 1 fully saturated rings. The molecule has 1 aliphatic rings. The second-order valence-electron chi connectivity index (χ2n) is 6.27. The first-order valence-corrected chi connectivity index (χ1v) is 8.04. The van der Waals surface area contributed by atoms with Gasteiger partial charge in [0, 0.05) is 19.0 Å². The molecule has 5 N–H and O–H groups in total. The van der Waals surface area contributed by atoms with Crippen molar-refractivity contribution < 1.29 is 4.79 Å². The maximum atomic E-state index is 11.1. The molecular weight excluding hydrogens is 393 g/mol. The third-order valence-electron chi connectivity index (χ3n) is 3.82. The lowest BCUT2D eigenvalue weighted by Crippen LogP contribution is -2.39. The number of carbonyl (C=O) groups is 1. The minimum Gasteiger partial charge on any atom is -0.370 e. The van der Waals surface area contributed by atoms with Crippen LogP contribution in [0.3, 0.4) is 0 Å². The molecule has 0 aromatic heterocycles. The number of nitrogens with one attached hydrogen (secondary N) is 1. The molecule has 6 nitrogen and oxygen atoms in total. The third kappa shape index (κ3) is 9.45. The summed E-state index contributed by atoms with van der Waals surface area (Å²) in [6, 6.07) is 0. The maximum absolute atomic E-state index is 11.1. The highest BCUT2D eigenvalue weighted by molar-refractivity contribution is 14.0. The van der Waals surface area contributed by atoms with Crippen molar-refractivity contribution >= 4 is 35.8 Å². The van der Waals surface area contributed by atoms with Gasteiger partial charge in [0.05, 0.1) is 0 Å². The number of piperidine rings is 1.